The van der Waals surface area contributed by atoms with Crippen LogP contribution in [-0.4, -0.2) is 23.2 Å². The fourth-order valence-electron chi connectivity index (χ4n) is 3.55. The molecule has 0 N–H and O–H groups in total. The lowest BCUT2D eigenvalue weighted by Crippen LogP contribution is -2.19. The third-order valence-electron chi connectivity index (χ3n) is 5.25. The van der Waals surface area contributed by atoms with Crippen molar-refractivity contribution in [2.24, 2.45) is 5.41 Å². The van der Waals surface area contributed by atoms with Crippen molar-refractivity contribution >= 4 is 5.69 Å². The molecule has 0 saturated carbocycles. The molecule has 0 fully saturated rings. The summed E-state index contributed by atoms with van der Waals surface area (Å²) in [5, 5.41) is 9.27. The average Bonchev–Trinajstić information content (AvgIpc) is 3.23. The molecule has 0 atom stereocenters. The maximum Gasteiger partial charge on any atom is 0.388 e. The number of aromatic nitrogens is 2. The van der Waals surface area contributed by atoms with E-state index in [1.54, 1.807) is 32.2 Å². The molecule has 3 heterocycles. The number of nitrogens with zero attached hydrogens (tertiary/aromatic N) is 4. The SMILES string of the molecule is CC(C)(C#N)COc1cc(F)ccc1-c1nccc2c1CN(c1ccc(OC(F)F)nc1)C2. The molecule has 0 unspecified atom stereocenters. The Balaban J connectivity index is 1.62. The Morgan fingerprint density at radius 2 is 1.97 bits per heavy atom. The van der Waals surface area contributed by atoms with Crippen LogP contribution in [0.1, 0.15) is 25.0 Å². The molecule has 0 amide bonds. The van der Waals surface area contributed by atoms with Crippen LogP contribution in [-0.2, 0) is 13.1 Å². The first-order chi connectivity index (χ1) is 15.8. The first-order valence-electron chi connectivity index (χ1n) is 10.2. The van der Waals surface area contributed by atoms with Crippen LogP contribution in [0.3, 0.4) is 0 Å². The van der Waals surface area contributed by atoms with Crippen LogP contribution in [0.15, 0.2) is 48.8 Å². The van der Waals surface area contributed by atoms with Crippen LogP contribution < -0.4 is 14.4 Å². The number of rotatable bonds is 7. The number of alkyl halides is 2. The Morgan fingerprint density at radius 3 is 2.67 bits per heavy atom. The molecule has 9 heteroatoms. The Kier molecular flexibility index (Phi) is 6.09. The van der Waals surface area contributed by atoms with Crippen molar-refractivity contribution in [3.63, 3.8) is 0 Å². The Hall–Kier alpha value is -3.80. The van der Waals surface area contributed by atoms with E-state index < -0.39 is 17.8 Å². The van der Waals surface area contributed by atoms with Crippen molar-refractivity contribution in [2.75, 3.05) is 11.5 Å². The molecule has 1 aromatic carbocycles. The zero-order valence-corrected chi connectivity index (χ0v) is 18.1. The van der Waals surface area contributed by atoms with E-state index in [0.717, 1.165) is 16.8 Å². The summed E-state index contributed by atoms with van der Waals surface area (Å²) in [5.74, 6) is -0.288. The van der Waals surface area contributed by atoms with Crippen LogP contribution in [0, 0.1) is 22.6 Å². The van der Waals surface area contributed by atoms with Crippen molar-refractivity contribution in [1.29, 1.82) is 5.26 Å². The van der Waals surface area contributed by atoms with Gasteiger partial charge in [-0.3, -0.25) is 4.98 Å². The van der Waals surface area contributed by atoms with E-state index in [4.69, 9.17) is 4.74 Å². The fraction of sp³-hybridized carbons (Fsp3) is 0.292. The van der Waals surface area contributed by atoms with Gasteiger partial charge in [0.1, 0.15) is 18.2 Å². The number of nitriles is 1. The number of ether oxygens (including phenoxy) is 2. The monoisotopic (exact) mass is 454 g/mol. The van der Waals surface area contributed by atoms with E-state index in [0.29, 0.717) is 30.1 Å². The normalized spacial score (nSPS) is 13.1. The molecule has 1 aliphatic rings. The van der Waals surface area contributed by atoms with E-state index in [9.17, 15) is 18.4 Å². The largest absolute Gasteiger partial charge is 0.491 e. The van der Waals surface area contributed by atoms with Crippen molar-refractivity contribution in [3.8, 4) is 29.0 Å². The quantitative estimate of drug-likeness (QED) is 0.480. The molecule has 33 heavy (non-hydrogen) atoms. The highest BCUT2D eigenvalue weighted by Gasteiger charge is 2.26. The van der Waals surface area contributed by atoms with Gasteiger partial charge in [-0.15, -0.1) is 0 Å². The van der Waals surface area contributed by atoms with Gasteiger partial charge in [0.2, 0.25) is 5.88 Å². The Labute approximate surface area is 189 Å². The number of fused-ring (bicyclic) bond motifs is 1. The highest BCUT2D eigenvalue weighted by Crippen LogP contribution is 2.38. The minimum absolute atomic E-state index is 0.0970. The van der Waals surface area contributed by atoms with Gasteiger partial charge >= 0.3 is 6.61 Å². The van der Waals surface area contributed by atoms with Crippen molar-refractivity contribution in [2.45, 2.75) is 33.5 Å². The molecule has 0 bridgehead atoms. The van der Waals surface area contributed by atoms with Crippen LogP contribution in [0.25, 0.3) is 11.3 Å². The van der Waals surface area contributed by atoms with Crippen LogP contribution in [0.5, 0.6) is 11.6 Å². The highest BCUT2D eigenvalue weighted by atomic mass is 19.3. The second-order valence-electron chi connectivity index (χ2n) is 8.31. The maximum atomic E-state index is 14.0. The van der Waals surface area contributed by atoms with Gasteiger partial charge in [0.25, 0.3) is 0 Å². The van der Waals surface area contributed by atoms with Gasteiger partial charge in [-0.1, -0.05) is 0 Å². The van der Waals surface area contributed by atoms with E-state index in [1.807, 2.05) is 11.0 Å². The third kappa shape index (κ3) is 5.00. The van der Waals surface area contributed by atoms with Gasteiger partial charge in [-0.05, 0) is 43.7 Å². The third-order valence-corrected chi connectivity index (χ3v) is 5.25. The summed E-state index contributed by atoms with van der Waals surface area (Å²) in [4.78, 5) is 10.5. The maximum absolute atomic E-state index is 14.0. The van der Waals surface area contributed by atoms with E-state index in [-0.39, 0.29) is 12.5 Å². The first-order valence-corrected chi connectivity index (χ1v) is 10.2. The van der Waals surface area contributed by atoms with Gasteiger partial charge < -0.3 is 14.4 Å². The summed E-state index contributed by atoms with van der Waals surface area (Å²) in [6.45, 7) is 1.72. The van der Waals surface area contributed by atoms with Crippen molar-refractivity contribution in [3.05, 3.63) is 65.7 Å². The first kappa shape index (κ1) is 22.4. The van der Waals surface area contributed by atoms with Crippen LogP contribution in [0.2, 0.25) is 0 Å². The number of halogens is 3. The number of hydrogen-bond donors (Lipinski definition) is 0. The summed E-state index contributed by atoms with van der Waals surface area (Å²) in [7, 11) is 0. The number of hydrogen-bond acceptors (Lipinski definition) is 6. The Morgan fingerprint density at radius 1 is 1.15 bits per heavy atom. The lowest BCUT2D eigenvalue weighted by atomic mass is 9.97. The summed E-state index contributed by atoms with van der Waals surface area (Å²) >= 11 is 0. The number of anilines is 1. The second kappa shape index (κ2) is 8.98. The lowest BCUT2D eigenvalue weighted by molar-refractivity contribution is -0.0528. The van der Waals surface area contributed by atoms with Gasteiger partial charge in [-0.25, -0.2) is 9.37 Å². The molecule has 2 aromatic heterocycles. The molecule has 4 rings (SSSR count). The molecule has 0 radical (unpaired) electrons. The molecule has 170 valence electrons. The van der Waals surface area contributed by atoms with E-state index in [1.165, 1.54) is 24.4 Å². The molecule has 0 aliphatic carbocycles. The lowest BCUT2D eigenvalue weighted by Gasteiger charge is -2.19. The minimum Gasteiger partial charge on any atom is -0.491 e. The molecule has 0 spiro atoms. The zero-order chi connectivity index (χ0) is 23.6. The highest BCUT2D eigenvalue weighted by molar-refractivity contribution is 5.72. The second-order valence-corrected chi connectivity index (χ2v) is 8.31. The summed E-state index contributed by atoms with van der Waals surface area (Å²) in [6.07, 6.45) is 3.16. The average molecular weight is 454 g/mol. The number of pyridine rings is 2. The molecular formula is C24H21F3N4O2. The summed E-state index contributed by atoms with van der Waals surface area (Å²) < 4.78 is 48.9. The Bertz CT molecular complexity index is 1190. The molecule has 3 aromatic rings. The van der Waals surface area contributed by atoms with Crippen molar-refractivity contribution < 1.29 is 22.6 Å². The molecule has 0 saturated heterocycles. The molecular weight excluding hydrogens is 433 g/mol. The molecule has 1 aliphatic heterocycles. The van der Waals surface area contributed by atoms with Gasteiger partial charge in [0, 0.05) is 42.5 Å². The van der Waals surface area contributed by atoms with E-state index >= 15 is 0 Å². The fourth-order valence-corrected chi connectivity index (χ4v) is 3.55. The van der Waals surface area contributed by atoms with Gasteiger partial charge in [0.15, 0.2) is 0 Å². The standard InChI is InChI=1S/C24H21F3N4O2/c1-24(2,13-28)14-32-20-9-16(25)3-5-18(20)22-19-12-31(11-15(19)7-8-29-22)17-4-6-21(30-10-17)33-23(26)27/h3-10,23H,11-12,14H2,1-2H3. The van der Waals surface area contributed by atoms with E-state index in [2.05, 4.69) is 20.8 Å². The summed E-state index contributed by atoms with van der Waals surface area (Å²) in [5.41, 5.74) is 3.26. The predicted octanol–water partition coefficient (Wildman–Crippen LogP) is 5.33. The topological polar surface area (TPSA) is 71.3 Å². The van der Waals surface area contributed by atoms with Crippen LogP contribution in [0.4, 0.5) is 18.9 Å². The number of benzene rings is 1. The predicted molar refractivity (Wildman–Crippen MR) is 115 cm³/mol. The minimum atomic E-state index is -2.93. The smallest absolute Gasteiger partial charge is 0.388 e. The zero-order valence-electron chi connectivity index (χ0n) is 18.1. The van der Waals surface area contributed by atoms with Gasteiger partial charge in [-0.2, -0.15) is 14.0 Å². The summed E-state index contributed by atoms with van der Waals surface area (Å²) in [6, 6.07) is 11.4. The van der Waals surface area contributed by atoms with Gasteiger partial charge in [0.05, 0.1) is 29.1 Å². The molecule has 6 nitrogen and oxygen atoms in total. The van der Waals surface area contributed by atoms with Crippen molar-refractivity contribution in [1.82, 2.24) is 9.97 Å². The van der Waals surface area contributed by atoms with Crippen LogP contribution >= 0.6 is 0 Å².